The molecule has 1 fully saturated rings. The zero-order valence-electron chi connectivity index (χ0n) is 12.3. The lowest BCUT2D eigenvalue weighted by Gasteiger charge is -2.26. The Morgan fingerprint density at radius 1 is 1.50 bits per heavy atom. The molecule has 1 unspecified atom stereocenters. The van der Waals surface area contributed by atoms with E-state index in [2.05, 4.69) is 0 Å². The van der Waals surface area contributed by atoms with Crippen molar-refractivity contribution >= 4 is 11.6 Å². The fourth-order valence-electron chi connectivity index (χ4n) is 3.63. The lowest BCUT2D eigenvalue weighted by molar-refractivity contribution is -0.911. The zero-order chi connectivity index (χ0) is 14.5. The summed E-state index contributed by atoms with van der Waals surface area (Å²) in [4.78, 5) is 25.8. The van der Waals surface area contributed by atoms with Gasteiger partial charge in [-0.2, -0.15) is 0 Å². The van der Waals surface area contributed by atoms with Crippen LogP contribution in [0.3, 0.4) is 0 Å². The molecular weight excluding hydrogens is 254 g/mol. The van der Waals surface area contributed by atoms with Gasteiger partial charge in [0, 0.05) is 25.9 Å². The highest BCUT2D eigenvalue weighted by Gasteiger charge is 2.37. The van der Waals surface area contributed by atoms with Crippen LogP contribution in [-0.2, 0) is 9.59 Å². The molecule has 0 aromatic carbocycles. The number of hydrogen-bond donors (Lipinski definition) is 2. The molecule has 0 bridgehead atoms. The van der Waals surface area contributed by atoms with Crippen LogP contribution < -0.4 is 4.90 Å². The van der Waals surface area contributed by atoms with Crippen LogP contribution in [0.2, 0.25) is 0 Å². The van der Waals surface area contributed by atoms with Crippen molar-refractivity contribution in [2.45, 2.75) is 45.1 Å². The maximum atomic E-state index is 12.5. The van der Waals surface area contributed by atoms with Crippen LogP contribution >= 0.6 is 0 Å². The van der Waals surface area contributed by atoms with Gasteiger partial charge in [0.1, 0.15) is 5.78 Å². The van der Waals surface area contributed by atoms with E-state index in [0.29, 0.717) is 12.5 Å². The fraction of sp³-hybridized carbons (Fsp3) is 0.750. The predicted molar refractivity (Wildman–Crippen MR) is 76.5 cm³/mol. The average molecular weight is 280 g/mol. The van der Waals surface area contributed by atoms with E-state index >= 15 is 0 Å². The van der Waals surface area contributed by atoms with Gasteiger partial charge < -0.3 is 10.0 Å². The molecule has 0 aromatic rings. The van der Waals surface area contributed by atoms with Crippen LogP contribution in [0.1, 0.15) is 39.0 Å². The van der Waals surface area contributed by atoms with E-state index in [9.17, 15) is 9.59 Å². The highest BCUT2D eigenvalue weighted by Crippen LogP contribution is 2.25. The molecule has 1 aliphatic heterocycles. The normalized spacial score (nSPS) is 33.6. The number of nitrogens with one attached hydrogen (secondary N) is 1. The predicted octanol–water partition coefficient (Wildman–Crippen LogP) is 0.157. The molecular formula is C16H26NO3+. The van der Waals surface area contributed by atoms with E-state index in [1.165, 1.54) is 4.90 Å². The third-order valence-electron chi connectivity index (χ3n) is 4.74. The smallest absolute Gasteiger partial charge is 0.166 e. The standard InChI is InChI=1S/C16H25NO3/c1-12-5-2-7-14(19)16(12)15(20)11-13-6-3-8-17(13)9-4-10-18/h2,7,12-13,16,18H,3-6,8-11H2,1H3/p+1/t12-,13+,16+/m0/s1. The summed E-state index contributed by atoms with van der Waals surface area (Å²) >= 11 is 0. The quantitative estimate of drug-likeness (QED) is 0.681. The van der Waals surface area contributed by atoms with Gasteiger partial charge in [0.05, 0.1) is 31.5 Å². The molecule has 2 N–H and O–H groups in total. The molecule has 0 radical (unpaired) electrons. The number of rotatable bonds is 6. The van der Waals surface area contributed by atoms with Gasteiger partial charge >= 0.3 is 0 Å². The summed E-state index contributed by atoms with van der Waals surface area (Å²) in [5.41, 5.74) is 0. The minimum atomic E-state index is -0.417. The van der Waals surface area contributed by atoms with Gasteiger partial charge in [-0.3, -0.25) is 9.59 Å². The van der Waals surface area contributed by atoms with Crippen molar-refractivity contribution in [1.82, 2.24) is 0 Å². The first-order valence-corrected chi connectivity index (χ1v) is 7.82. The maximum absolute atomic E-state index is 12.5. The summed E-state index contributed by atoms with van der Waals surface area (Å²) in [6.45, 7) is 4.23. The molecule has 4 heteroatoms. The SMILES string of the molecule is C[C@H]1CC=CC(=O)[C@@H]1C(=O)C[C@H]1CCC[NH+]1CCCO. The summed E-state index contributed by atoms with van der Waals surface area (Å²) < 4.78 is 0. The molecule has 1 saturated heterocycles. The Morgan fingerprint density at radius 2 is 2.30 bits per heavy atom. The average Bonchev–Trinajstić information content (AvgIpc) is 2.83. The Labute approximate surface area is 120 Å². The lowest BCUT2D eigenvalue weighted by atomic mass is 9.79. The van der Waals surface area contributed by atoms with Crippen LogP contribution in [0.15, 0.2) is 12.2 Å². The number of allylic oxidation sites excluding steroid dienone is 2. The Kier molecular flexibility index (Phi) is 5.49. The number of carbonyl (C=O) groups is 2. The summed E-state index contributed by atoms with van der Waals surface area (Å²) in [5.74, 6) is -0.161. The van der Waals surface area contributed by atoms with Crippen LogP contribution in [-0.4, -0.2) is 42.4 Å². The first-order valence-electron chi connectivity index (χ1n) is 7.82. The fourth-order valence-corrected chi connectivity index (χ4v) is 3.63. The molecule has 0 aromatic heterocycles. The molecule has 1 aliphatic carbocycles. The first kappa shape index (κ1) is 15.4. The van der Waals surface area contributed by atoms with Crippen LogP contribution in [0.5, 0.6) is 0 Å². The van der Waals surface area contributed by atoms with Crippen LogP contribution in [0, 0.1) is 11.8 Å². The maximum Gasteiger partial charge on any atom is 0.166 e. The Bertz CT molecular complexity index is 391. The van der Waals surface area contributed by atoms with Gasteiger partial charge in [0.15, 0.2) is 5.78 Å². The second-order valence-electron chi connectivity index (χ2n) is 6.24. The van der Waals surface area contributed by atoms with E-state index in [-0.39, 0.29) is 24.1 Å². The Balaban J connectivity index is 1.93. The van der Waals surface area contributed by atoms with Crippen molar-refractivity contribution in [3.63, 3.8) is 0 Å². The molecule has 0 saturated carbocycles. The lowest BCUT2D eigenvalue weighted by Crippen LogP contribution is -3.13. The van der Waals surface area contributed by atoms with Crippen LogP contribution in [0.25, 0.3) is 0 Å². The highest BCUT2D eigenvalue weighted by atomic mass is 16.3. The minimum absolute atomic E-state index is 0.0105. The number of ketones is 2. The summed E-state index contributed by atoms with van der Waals surface area (Å²) in [6.07, 6.45) is 7.81. The van der Waals surface area contributed by atoms with Gasteiger partial charge in [-0.25, -0.2) is 0 Å². The van der Waals surface area contributed by atoms with E-state index < -0.39 is 5.92 Å². The van der Waals surface area contributed by atoms with Gasteiger partial charge in [-0.15, -0.1) is 0 Å². The summed E-state index contributed by atoms with van der Waals surface area (Å²) in [7, 11) is 0. The van der Waals surface area contributed by atoms with Crippen molar-refractivity contribution in [2.24, 2.45) is 11.8 Å². The third kappa shape index (κ3) is 3.55. The van der Waals surface area contributed by atoms with E-state index in [1.807, 2.05) is 13.0 Å². The van der Waals surface area contributed by atoms with Gasteiger partial charge in [0.2, 0.25) is 0 Å². The second kappa shape index (κ2) is 7.14. The van der Waals surface area contributed by atoms with Crippen molar-refractivity contribution < 1.29 is 19.6 Å². The third-order valence-corrected chi connectivity index (χ3v) is 4.74. The van der Waals surface area contributed by atoms with Crippen molar-refractivity contribution in [1.29, 1.82) is 0 Å². The zero-order valence-corrected chi connectivity index (χ0v) is 12.3. The van der Waals surface area contributed by atoms with Gasteiger partial charge in [0.25, 0.3) is 0 Å². The van der Waals surface area contributed by atoms with E-state index in [1.54, 1.807) is 6.08 Å². The second-order valence-corrected chi connectivity index (χ2v) is 6.24. The molecule has 0 spiro atoms. The number of aliphatic hydroxyl groups is 1. The number of hydrogen-bond acceptors (Lipinski definition) is 3. The molecule has 0 amide bonds. The summed E-state index contributed by atoms with van der Waals surface area (Å²) in [6, 6.07) is 0.347. The van der Waals surface area contributed by atoms with Gasteiger partial charge in [-0.05, 0) is 18.4 Å². The molecule has 4 nitrogen and oxygen atoms in total. The number of aliphatic hydroxyl groups excluding tert-OH is 1. The molecule has 4 atom stereocenters. The number of carbonyl (C=O) groups excluding carboxylic acids is 2. The Morgan fingerprint density at radius 3 is 3.00 bits per heavy atom. The number of likely N-dealkylation sites (tertiary alicyclic amines) is 1. The first-order chi connectivity index (χ1) is 9.63. The topological polar surface area (TPSA) is 58.8 Å². The molecule has 112 valence electrons. The van der Waals surface area contributed by atoms with E-state index in [0.717, 1.165) is 38.8 Å². The molecule has 20 heavy (non-hydrogen) atoms. The highest BCUT2D eigenvalue weighted by molar-refractivity contribution is 6.08. The van der Waals surface area contributed by atoms with Crippen molar-refractivity contribution in [3.05, 3.63) is 12.2 Å². The largest absolute Gasteiger partial charge is 0.396 e. The van der Waals surface area contributed by atoms with Gasteiger partial charge in [-0.1, -0.05) is 13.0 Å². The number of Topliss-reactive ketones (excluding diaryl/α,β-unsaturated/α-hetero) is 1. The molecule has 2 aliphatic rings. The van der Waals surface area contributed by atoms with E-state index in [4.69, 9.17) is 5.11 Å². The van der Waals surface area contributed by atoms with Crippen LogP contribution in [0.4, 0.5) is 0 Å². The molecule has 1 heterocycles. The monoisotopic (exact) mass is 280 g/mol. The Hall–Kier alpha value is -1.00. The molecule has 2 rings (SSSR count). The summed E-state index contributed by atoms with van der Waals surface area (Å²) in [5, 5.41) is 8.94. The minimum Gasteiger partial charge on any atom is -0.396 e. The number of quaternary nitrogens is 1. The van der Waals surface area contributed by atoms with Crippen molar-refractivity contribution in [3.8, 4) is 0 Å². The van der Waals surface area contributed by atoms with Crippen molar-refractivity contribution in [2.75, 3.05) is 19.7 Å².